The molecule has 0 radical (unpaired) electrons. The molecule has 1 amide bonds. The Labute approximate surface area is 132 Å². The minimum atomic E-state index is -0.187. The van der Waals surface area contributed by atoms with Gasteiger partial charge in [-0.05, 0) is 58.2 Å². The van der Waals surface area contributed by atoms with E-state index in [0.717, 1.165) is 21.3 Å². The SMILES string of the molecule is COc1ccc(CNC(=O)c2cc(C)cc(Br)c2N)cc1. The van der Waals surface area contributed by atoms with E-state index in [1.807, 2.05) is 37.3 Å². The molecule has 110 valence electrons. The molecule has 2 rings (SSSR count). The summed E-state index contributed by atoms with van der Waals surface area (Å²) in [6.45, 7) is 2.36. The number of benzene rings is 2. The standard InChI is InChI=1S/C16H17BrN2O2/c1-10-7-13(15(18)14(17)8-10)16(20)19-9-11-3-5-12(21-2)6-4-11/h3-8H,9,18H2,1-2H3,(H,19,20). The van der Waals surface area contributed by atoms with E-state index in [-0.39, 0.29) is 5.91 Å². The number of ether oxygens (including phenoxy) is 1. The number of rotatable bonds is 4. The molecular formula is C16H17BrN2O2. The van der Waals surface area contributed by atoms with Crippen LogP contribution in [-0.4, -0.2) is 13.0 Å². The number of aryl methyl sites for hydroxylation is 1. The van der Waals surface area contributed by atoms with Crippen LogP contribution >= 0.6 is 15.9 Å². The molecule has 0 aromatic heterocycles. The summed E-state index contributed by atoms with van der Waals surface area (Å²) in [4.78, 5) is 12.2. The molecule has 0 unspecified atom stereocenters. The minimum Gasteiger partial charge on any atom is -0.497 e. The van der Waals surface area contributed by atoms with Crippen LogP contribution in [0.15, 0.2) is 40.9 Å². The van der Waals surface area contributed by atoms with Gasteiger partial charge in [0.05, 0.1) is 18.4 Å². The van der Waals surface area contributed by atoms with Gasteiger partial charge in [0.1, 0.15) is 5.75 Å². The van der Waals surface area contributed by atoms with Crippen molar-refractivity contribution in [1.29, 1.82) is 0 Å². The van der Waals surface area contributed by atoms with Gasteiger partial charge < -0.3 is 15.8 Å². The number of nitrogen functional groups attached to an aromatic ring is 1. The Kier molecular flexibility index (Phi) is 4.85. The molecule has 3 N–H and O–H groups in total. The van der Waals surface area contributed by atoms with Crippen molar-refractivity contribution in [1.82, 2.24) is 5.32 Å². The summed E-state index contributed by atoms with van der Waals surface area (Å²) < 4.78 is 5.83. The molecule has 0 aliphatic carbocycles. The highest BCUT2D eigenvalue weighted by Crippen LogP contribution is 2.25. The maximum atomic E-state index is 12.2. The highest BCUT2D eigenvalue weighted by Gasteiger charge is 2.12. The predicted molar refractivity (Wildman–Crippen MR) is 87.5 cm³/mol. The van der Waals surface area contributed by atoms with Gasteiger partial charge in [0.15, 0.2) is 0 Å². The third-order valence-electron chi connectivity index (χ3n) is 3.13. The van der Waals surface area contributed by atoms with Crippen molar-refractivity contribution in [2.24, 2.45) is 0 Å². The Morgan fingerprint density at radius 1 is 1.29 bits per heavy atom. The van der Waals surface area contributed by atoms with E-state index >= 15 is 0 Å². The van der Waals surface area contributed by atoms with E-state index in [1.165, 1.54) is 0 Å². The highest BCUT2D eigenvalue weighted by molar-refractivity contribution is 9.10. The first-order valence-electron chi connectivity index (χ1n) is 6.48. The molecule has 0 bridgehead atoms. The van der Waals surface area contributed by atoms with Gasteiger partial charge in [-0.2, -0.15) is 0 Å². The average Bonchev–Trinajstić information content (AvgIpc) is 2.49. The Bertz CT molecular complexity index is 654. The Balaban J connectivity index is 2.08. The normalized spacial score (nSPS) is 10.2. The van der Waals surface area contributed by atoms with E-state index in [0.29, 0.717) is 17.8 Å². The summed E-state index contributed by atoms with van der Waals surface area (Å²) in [5, 5.41) is 2.87. The molecule has 5 heteroatoms. The highest BCUT2D eigenvalue weighted by atomic mass is 79.9. The van der Waals surface area contributed by atoms with Gasteiger partial charge in [0.2, 0.25) is 0 Å². The van der Waals surface area contributed by atoms with Crippen LogP contribution in [0.3, 0.4) is 0 Å². The molecule has 2 aromatic rings. The molecule has 4 nitrogen and oxygen atoms in total. The molecule has 0 atom stereocenters. The molecule has 0 saturated carbocycles. The molecule has 0 aliphatic heterocycles. The van der Waals surface area contributed by atoms with Crippen LogP contribution in [0.5, 0.6) is 5.75 Å². The number of anilines is 1. The minimum absolute atomic E-state index is 0.187. The molecule has 0 heterocycles. The summed E-state index contributed by atoms with van der Waals surface area (Å²) in [5.41, 5.74) is 8.84. The van der Waals surface area contributed by atoms with Gasteiger partial charge in [0.25, 0.3) is 5.91 Å². The molecule has 0 fully saturated rings. The second-order valence-corrected chi connectivity index (χ2v) is 5.59. The van der Waals surface area contributed by atoms with Gasteiger partial charge in [0, 0.05) is 11.0 Å². The number of carbonyl (C=O) groups excluding carboxylic acids is 1. The van der Waals surface area contributed by atoms with E-state index in [9.17, 15) is 4.79 Å². The second kappa shape index (κ2) is 6.63. The number of halogens is 1. The molecule has 21 heavy (non-hydrogen) atoms. The predicted octanol–water partition coefficient (Wildman–Crippen LogP) is 3.28. The lowest BCUT2D eigenvalue weighted by atomic mass is 10.1. The Morgan fingerprint density at radius 2 is 1.95 bits per heavy atom. The molecular weight excluding hydrogens is 332 g/mol. The molecule has 0 spiro atoms. The molecule has 0 aliphatic rings. The first-order chi connectivity index (χ1) is 10.0. The van der Waals surface area contributed by atoms with Crippen LogP contribution in [0.25, 0.3) is 0 Å². The molecule has 2 aromatic carbocycles. The topological polar surface area (TPSA) is 64.3 Å². The van der Waals surface area contributed by atoms with Gasteiger partial charge >= 0.3 is 0 Å². The van der Waals surface area contributed by atoms with Crippen molar-refractivity contribution in [3.8, 4) is 5.75 Å². The Hall–Kier alpha value is -2.01. The van der Waals surface area contributed by atoms with Crippen LogP contribution in [0, 0.1) is 6.92 Å². The fraction of sp³-hybridized carbons (Fsp3) is 0.188. The van der Waals surface area contributed by atoms with Crippen LogP contribution in [0.4, 0.5) is 5.69 Å². The number of hydrogen-bond acceptors (Lipinski definition) is 3. The first-order valence-corrected chi connectivity index (χ1v) is 7.27. The van der Waals surface area contributed by atoms with E-state index in [1.54, 1.807) is 13.2 Å². The summed E-state index contributed by atoms with van der Waals surface area (Å²) >= 11 is 3.36. The van der Waals surface area contributed by atoms with Gasteiger partial charge in [-0.15, -0.1) is 0 Å². The van der Waals surface area contributed by atoms with Crippen LogP contribution in [0.2, 0.25) is 0 Å². The quantitative estimate of drug-likeness (QED) is 0.833. The first kappa shape index (κ1) is 15.4. The lowest BCUT2D eigenvalue weighted by Crippen LogP contribution is -2.24. The zero-order chi connectivity index (χ0) is 15.4. The van der Waals surface area contributed by atoms with Gasteiger partial charge in [-0.3, -0.25) is 4.79 Å². The number of carbonyl (C=O) groups is 1. The van der Waals surface area contributed by atoms with Gasteiger partial charge in [-0.25, -0.2) is 0 Å². The van der Waals surface area contributed by atoms with Crippen molar-refractivity contribution in [2.45, 2.75) is 13.5 Å². The van der Waals surface area contributed by atoms with Crippen molar-refractivity contribution >= 4 is 27.5 Å². The number of nitrogens with one attached hydrogen (secondary N) is 1. The number of amides is 1. The maximum absolute atomic E-state index is 12.2. The fourth-order valence-corrected chi connectivity index (χ4v) is 2.54. The van der Waals surface area contributed by atoms with Crippen molar-refractivity contribution < 1.29 is 9.53 Å². The number of hydrogen-bond donors (Lipinski definition) is 2. The maximum Gasteiger partial charge on any atom is 0.253 e. The zero-order valence-corrected chi connectivity index (χ0v) is 13.5. The van der Waals surface area contributed by atoms with Gasteiger partial charge in [-0.1, -0.05) is 12.1 Å². The average molecular weight is 349 g/mol. The van der Waals surface area contributed by atoms with Crippen LogP contribution < -0.4 is 15.8 Å². The summed E-state index contributed by atoms with van der Waals surface area (Å²) in [5.74, 6) is 0.602. The van der Waals surface area contributed by atoms with Crippen LogP contribution in [0.1, 0.15) is 21.5 Å². The largest absolute Gasteiger partial charge is 0.497 e. The summed E-state index contributed by atoms with van der Waals surface area (Å²) in [6, 6.07) is 11.2. The zero-order valence-electron chi connectivity index (χ0n) is 11.9. The fourth-order valence-electron chi connectivity index (χ4n) is 1.96. The monoisotopic (exact) mass is 348 g/mol. The lowest BCUT2D eigenvalue weighted by molar-refractivity contribution is 0.0951. The number of nitrogens with two attached hydrogens (primary N) is 1. The second-order valence-electron chi connectivity index (χ2n) is 4.74. The third-order valence-corrected chi connectivity index (χ3v) is 3.79. The van der Waals surface area contributed by atoms with E-state index < -0.39 is 0 Å². The van der Waals surface area contributed by atoms with Crippen molar-refractivity contribution in [3.63, 3.8) is 0 Å². The summed E-state index contributed by atoms with van der Waals surface area (Å²) in [6.07, 6.45) is 0. The Morgan fingerprint density at radius 3 is 2.57 bits per heavy atom. The number of methoxy groups -OCH3 is 1. The third kappa shape index (κ3) is 3.76. The van der Waals surface area contributed by atoms with Crippen molar-refractivity contribution in [3.05, 3.63) is 57.6 Å². The molecule has 0 saturated heterocycles. The smallest absolute Gasteiger partial charge is 0.253 e. The van der Waals surface area contributed by atoms with Crippen molar-refractivity contribution in [2.75, 3.05) is 12.8 Å². The van der Waals surface area contributed by atoms with E-state index in [4.69, 9.17) is 10.5 Å². The summed E-state index contributed by atoms with van der Waals surface area (Å²) in [7, 11) is 1.62. The lowest BCUT2D eigenvalue weighted by Gasteiger charge is -2.10. The van der Waals surface area contributed by atoms with E-state index in [2.05, 4.69) is 21.2 Å². The van der Waals surface area contributed by atoms with Crippen LogP contribution in [-0.2, 0) is 6.54 Å².